The van der Waals surface area contributed by atoms with Gasteiger partial charge in [0.05, 0.1) is 11.0 Å². The van der Waals surface area contributed by atoms with E-state index in [1.54, 1.807) is 6.07 Å². The van der Waals surface area contributed by atoms with Gasteiger partial charge in [0.2, 0.25) is 0 Å². The highest BCUT2D eigenvalue weighted by atomic mass is 35.5. The molecule has 0 saturated heterocycles. The Morgan fingerprint density at radius 2 is 1.82 bits per heavy atom. The number of nitrogens with zero attached hydrogens (tertiary/aromatic N) is 1. The Morgan fingerprint density at radius 1 is 1.03 bits per heavy atom. The molecule has 33 heavy (non-hydrogen) atoms. The average molecular weight is 461 g/mol. The van der Waals surface area contributed by atoms with Crippen LogP contribution in [-0.2, 0) is 6.61 Å². The van der Waals surface area contributed by atoms with Gasteiger partial charge < -0.3 is 10.1 Å². The number of nitrogens with one attached hydrogen (secondary N) is 1. The van der Waals surface area contributed by atoms with E-state index in [1.807, 2.05) is 48.5 Å². The number of nitro groups is 1. The zero-order valence-corrected chi connectivity index (χ0v) is 18.9. The van der Waals surface area contributed by atoms with Gasteiger partial charge in [-0.2, -0.15) is 0 Å². The molecule has 5 atom stereocenters. The summed E-state index contributed by atoms with van der Waals surface area (Å²) in [5.74, 6) is 2.97. The molecule has 0 unspecified atom stereocenters. The van der Waals surface area contributed by atoms with Crippen molar-refractivity contribution in [1.82, 2.24) is 0 Å². The minimum Gasteiger partial charge on any atom is -0.489 e. The van der Waals surface area contributed by atoms with E-state index in [-0.39, 0.29) is 16.7 Å². The topological polar surface area (TPSA) is 64.4 Å². The molecule has 168 valence electrons. The first-order valence-electron chi connectivity index (χ1n) is 11.6. The summed E-state index contributed by atoms with van der Waals surface area (Å²) < 4.78 is 5.97. The Balaban J connectivity index is 1.27. The van der Waals surface area contributed by atoms with Gasteiger partial charge in [0.1, 0.15) is 12.4 Å². The molecule has 2 saturated carbocycles. The fraction of sp³-hybridized carbons (Fsp3) is 0.333. The van der Waals surface area contributed by atoms with Crippen LogP contribution < -0.4 is 10.1 Å². The van der Waals surface area contributed by atoms with E-state index in [0.717, 1.165) is 22.6 Å². The molecule has 3 aromatic carbocycles. The Hall–Kier alpha value is -3.05. The summed E-state index contributed by atoms with van der Waals surface area (Å²) in [6.07, 6.45) is 3.72. The molecule has 6 heteroatoms. The van der Waals surface area contributed by atoms with Gasteiger partial charge in [-0.05, 0) is 78.3 Å². The Kier molecular flexibility index (Phi) is 5.02. The monoisotopic (exact) mass is 460 g/mol. The van der Waals surface area contributed by atoms with Gasteiger partial charge in [-0.25, -0.2) is 0 Å². The van der Waals surface area contributed by atoms with Crippen LogP contribution in [-0.4, -0.2) is 4.92 Å². The smallest absolute Gasteiger partial charge is 0.269 e. The number of benzene rings is 3. The first-order valence-corrected chi connectivity index (χ1v) is 12.0. The van der Waals surface area contributed by atoms with Gasteiger partial charge in [0.15, 0.2) is 0 Å². The maximum absolute atomic E-state index is 11.4. The van der Waals surface area contributed by atoms with Crippen molar-refractivity contribution in [1.29, 1.82) is 0 Å². The summed E-state index contributed by atoms with van der Waals surface area (Å²) in [4.78, 5) is 11.1. The summed E-state index contributed by atoms with van der Waals surface area (Å²) in [6.45, 7) is 0.432. The highest BCUT2D eigenvalue weighted by molar-refractivity contribution is 6.31. The molecule has 1 heterocycles. The SMILES string of the molecule is O=[N+]([O-])c1ccc2c(c1)[C@@H]1[C@H]3CC[C@@H](C3)[C@@H]1[C@@H](c1ccc(OCc3ccccc3Cl)cc1)N2. The molecule has 3 aliphatic rings. The van der Waals surface area contributed by atoms with Gasteiger partial charge in [-0.15, -0.1) is 0 Å². The lowest BCUT2D eigenvalue weighted by Gasteiger charge is -2.43. The van der Waals surface area contributed by atoms with Crippen LogP contribution in [0.3, 0.4) is 0 Å². The number of fused-ring (bicyclic) bond motifs is 7. The lowest BCUT2D eigenvalue weighted by atomic mass is 9.68. The van der Waals surface area contributed by atoms with Gasteiger partial charge in [-0.1, -0.05) is 41.9 Å². The van der Waals surface area contributed by atoms with Crippen molar-refractivity contribution in [2.45, 2.75) is 37.8 Å². The quantitative estimate of drug-likeness (QED) is 0.325. The number of rotatable bonds is 5. The van der Waals surface area contributed by atoms with Crippen molar-refractivity contribution in [3.63, 3.8) is 0 Å². The number of anilines is 1. The zero-order valence-electron chi connectivity index (χ0n) is 18.1. The van der Waals surface area contributed by atoms with Crippen LogP contribution in [0, 0.1) is 27.9 Å². The molecule has 1 aliphatic heterocycles. The van der Waals surface area contributed by atoms with Crippen LogP contribution in [0.2, 0.25) is 5.02 Å². The number of hydrogen-bond acceptors (Lipinski definition) is 4. The first kappa shape index (κ1) is 20.5. The molecule has 5 nitrogen and oxygen atoms in total. The van der Waals surface area contributed by atoms with Crippen molar-refractivity contribution in [2.75, 3.05) is 5.32 Å². The van der Waals surface area contributed by atoms with E-state index in [1.165, 1.54) is 24.8 Å². The minimum absolute atomic E-state index is 0.190. The van der Waals surface area contributed by atoms with Gasteiger partial charge in [0.25, 0.3) is 5.69 Å². The third-order valence-corrected chi connectivity index (χ3v) is 8.24. The van der Waals surface area contributed by atoms with Crippen LogP contribution >= 0.6 is 11.6 Å². The van der Waals surface area contributed by atoms with Crippen LogP contribution in [0.5, 0.6) is 5.75 Å². The highest BCUT2D eigenvalue weighted by Gasteiger charge is 2.54. The second-order valence-corrected chi connectivity index (χ2v) is 9.94. The lowest BCUT2D eigenvalue weighted by Crippen LogP contribution is -2.35. The molecule has 1 N–H and O–H groups in total. The van der Waals surface area contributed by atoms with Crippen molar-refractivity contribution in [3.05, 3.63) is 98.6 Å². The molecule has 6 rings (SSSR count). The van der Waals surface area contributed by atoms with E-state index < -0.39 is 0 Å². The largest absolute Gasteiger partial charge is 0.489 e. The van der Waals surface area contributed by atoms with Crippen LogP contribution in [0.1, 0.15) is 47.9 Å². The van der Waals surface area contributed by atoms with E-state index in [4.69, 9.17) is 16.3 Å². The molecule has 2 bridgehead atoms. The molecule has 0 amide bonds. The number of nitro benzene ring substituents is 1. The summed E-state index contributed by atoms with van der Waals surface area (Å²) in [6, 6.07) is 21.6. The molecule has 0 aromatic heterocycles. The molecule has 0 spiro atoms. The third-order valence-electron chi connectivity index (χ3n) is 7.87. The minimum atomic E-state index is -0.282. The zero-order chi connectivity index (χ0) is 22.5. The van der Waals surface area contributed by atoms with Crippen LogP contribution in [0.15, 0.2) is 66.7 Å². The molecule has 3 aromatic rings. The Morgan fingerprint density at radius 3 is 2.61 bits per heavy atom. The number of hydrogen-bond donors (Lipinski definition) is 1. The van der Waals surface area contributed by atoms with Crippen LogP contribution in [0.25, 0.3) is 0 Å². The molecule has 0 radical (unpaired) electrons. The fourth-order valence-corrected chi connectivity index (χ4v) is 6.66. The Labute approximate surface area is 197 Å². The van der Waals surface area contributed by atoms with E-state index in [2.05, 4.69) is 17.4 Å². The second kappa shape index (κ2) is 8.07. The van der Waals surface area contributed by atoms with Crippen molar-refractivity contribution in [2.24, 2.45) is 17.8 Å². The van der Waals surface area contributed by atoms with E-state index in [9.17, 15) is 10.1 Å². The first-order chi connectivity index (χ1) is 16.1. The molecule has 2 aliphatic carbocycles. The van der Waals surface area contributed by atoms with Crippen LogP contribution in [0.4, 0.5) is 11.4 Å². The predicted molar refractivity (Wildman–Crippen MR) is 129 cm³/mol. The lowest BCUT2D eigenvalue weighted by molar-refractivity contribution is -0.384. The number of non-ortho nitro benzene ring substituents is 1. The van der Waals surface area contributed by atoms with Crippen molar-refractivity contribution >= 4 is 23.0 Å². The van der Waals surface area contributed by atoms with E-state index in [0.29, 0.717) is 35.3 Å². The molecular weight excluding hydrogens is 436 g/mol. The summed E-state index contributed by atoms with van der Waals surface area (Å²) in [5, 5.41) is 15.8. The molecule has 2 fully saturated rings. The van der Waals surface area contributed by atoms with Gasteiger partial charge >= 0.3 is 0 Å². The maximum Gasteiger partial charge on any atom is 0.269 e. The standard InChI is InChI=1S/C27H25ClN2O3/c28-23-4-2-1-3-19(23)15-33-21-10-7-16(8-11-21)27-26-18-6-5-17(13-18)25(26)22-14-20(30(31)32)9-12-24(22)29-27/h1-4,7-12,14,17-18,25-27,29H,5-6,13,15H2/t17-,18-,25-,26-,27+/m0/s1. The number of halogens is 1. The fourth-order valence-electron chi connectivity index (χ4n) is 6.46. The van der Waals surface area contributed by atoms with Gasteiger partial charge in [0, 0.05) is 28.4 Å². The third kappa shape index (κ3) is 3.55. The Bertz CT molecular complexity index is 1210. The number of ether oxygens (including phenoxy) is 1. The van der Waals surface area contributed by atoms with Crippen molar-refractivity contribution in [3.8, 4) is 5.75 Å². The average Bonchev–Trinajstić information content (AvgIpc) is 3.46. The van der Waals surface area contributed by atoms with Gasteiger partial charge in [-0.3, -0.25) is 10.1 Å². The van der Waals surface area contributed by atoms with E-state index >= 15 is 0 Å². The second-order valence-electron chi connectivity index (χ2n) is 9.54. The summed E-state index contributed by atoms with van der Waals surface area (Å²) in [7, 11) is 0. The molecular formula is C27H25ClN2O3. The van der Waals surface area contributed by atoms with Crippen molar-refractivity contribution < 1.29 is 9.66 Å². The maximum atomic E-state index is 11.4. The predicted octanol–water partition coefficient (Wildman–Crippen LogP) is 7.12. The summed E-state index contributed by atoms with van der Waals surface area (Å²) in [5.41, 5.74) is 4.57. The normalized spacial score (nSPS) is 26.9. The summed E-state index contributed by atoms with van der Waals surface area (Å²) >= 11 is 6.24. The highest BCUT2D eigenvalue weighted by Crippen LogP contribution is 2.63.